The molecule has 0 fully saturated rings. The minimum absolute atomic E-state index is 0.642. The summed E-state index contributed by atoms with van der Waals surface area (Å²) >= 11 is 0. The van der Waals surface area contributed by atoms with Crippen molar-refractivity contribution in [3.8, 4) is 17.3 Å². The molecule has 1 aromatic heterocycles. The average molecular weight is 195 g/mol. The Kier molecular flexibility index (Phi) is 2.42. The molecule has 0 spiro atoms. The van der Waals surface area contributed by atoms with Crippen molar-refractivity contribution in [1.82, 2.24) is 9.97 Å². The van der Waals surface area contributed by atoms with E-state index in [1.807, 2.05) is 31.2 Å². The molecule has 1 aromatic carbocycles. The van der Waals surface area contributed by atoms with E-state index in [9.17, 15) is 0 Å². The molecule has 0 aliphatic rings. The van der Waals surface area contributed by atoms with Gasteiger partial charge in [-0.3, -0.25) is 0 Å². The number of nitriles is 1. The van der Waals surface area contributed by atoms with Crippen LogP contribution in [0.15, 0.2) is 36.7 Å². The van der Waals surface area contributed by atoms with E-state index in [2.05, 4.69) is 16.0 Å². The molecule has 0 saturated heterocycles. The number of nitrogens with zero attached hydrogens (tertiary/aromatic N) is 3. The van der Waals surface area contributed by atoms with Crippen LogP contribution in [-0.4, -0.2) is 9.97 Å². The first-order valence-corrected chi connectivity index (χ1v) is 4.59. The molecular formula is C12H9N3. The van der Waals surface area contributed by atoms with Crippen LogP contribution in [0.5, 0.6) is 0 Å². The summed E-state index contributed by atoms with van der Waals surface area (Å²) < 4.78 is 0. The Morgan fingerprint density at radius 3 is 2.80 bits per heavy atom. The van der Waals surface area contributed by atoms with Gasteiger partial charge in [0.15, 0.2) is 0 Å². The van der Waals surface area contributed by atoms with E-state index in [-0.39, 0.29) is 0 Å². The number of rotatable bonds is 1. The van der Waals surface area contributed by atoms with Gasteiger partial charge in [0.2, 0.25) is 0 Å². The Balaban J connectivity index is 2.50. The van der Waals surface area contributed by atoms with Gasteiger partial charge in [-0.05, 0) is 25.1 Å². The molecule has 0 aliphatic carbocycles. The smallest absolute Gasteiger partial charge is 0.116 e. The van der Waals surface area contributed by atoms with E-state index in [4.69, 9.17) is 5.26 Å². The van der Waals surface area contributed by atoms with Crippen LogP contribution in [0, 0.1) is 18.3 Å². The molecule has 3 nitrogen and oxygen atoms in total. The van der Waals surface area contributed by atoms with Gasteiger partial charge in [0.05, 0.1) is 17.3 Å². The number of aromatic nitrogens is 2. The van der Waals surface area contributed by atoms with Crippen molar-refractivity contribution < 1.29 is 0 Å². The largest absolute Gasteiger partial charge is 0.242 e. The predicted octanol–water partition coefficient (Wildman–Crippen LogP) is 2.32. The Hall–Kier alpha value is -2.21. The number of hydrogen-bond donors (Lipinski definition) is 0. The van der Waals surface area contributed by atoms with E-state index >= 15 is 0 Å². The van der Waals surface area contributed by atoms with Crippen LogP contribution in [0.25, 0.3) is 11.3 Å². The summed E-state index contributed by atoms with van der Waals surface area (Å²) in [6.45, 7) is 1.92. The van der Waals surface area contributed by atoms with Crippen LogP contribution in [0.2, 0.25) is 0 Å². The summed E-state index contributed by atoms with van der Waals surface area (Å²) in [6, 6.07) is 11.4. The summed E-state index contributed by atoms with van der Waals surface area (Å²) in [5, 5.41) is 8.78. The van der Waals surface area contributed by atoms with Crippen LogP contribution < -0.4 is 0 Å². The molecule has 2 rings (SSSR count). The second-order valence-electron chi connectivity index (χ2n) is 3.24. The molecule has 3 heteroatoms. The van der Waals surface area contributed by atoms with Gasteiger partial charge in [0.25, 0.3) is 0 Å². The topological polar surface area (TPSA) is 49.6 Å². The number of benzene rings is 1. The normalized spacial score (nSPS) is 9.60. The van der Waals surface area contributed by atoms with E-state index in [0.29, 0.717) is 5.56 Å². The molecule has 1 heterocycles. The fourth-order valence-corrected chi connectivity index (χ4v) is 1.36. The maximum atomic E-state index is 8.78. The van der Waals surface area contributed by atoms with Crippen LogP contribution in [0.4, 0.5) is 0 Å². The number of aryl methyl sites for hydroxylation is 1. The highest BCUT2D eigenvalue weighted by Gasteiger charge is 2.00. The Labute approximate surface area is 88.1 Å². The van der Waals surface area contributed by atoms with Gasteiger partial charge < -0.3 is 0 Å². The lowest BCUT2D eigenvalue weighted by molar-refractivity contribution is 1.11. The van der Waals surface area contributed by atoms with E-state index in [1.165, 1.54) is 6.33 Å². The van der Waals surface area contributed by atoms with Crippen molar-refractivity contribution in [3.05, 3.63) is 47.9 Å². The molecule has 0 unspecified atom stereocenters. The third kappa shape index (κ3) is 2.00. The molecule has 0 atom stereocenters. The van der Waals surface area contributed by atoms with E-state index in [0.717, 1.165) is 17.0 Å². The molecule has 0 N–H and O–H groups in total. The first-order valence-electron chi connectivity index (χ1n) is 4.59. The Morgan fingerprint density at radius 1 is 1.20 bits per heavy atom. The molecule has 72 valence electrons. The second-order valence-corrected chi connectivity index (χ2v) is 3.24. The van der Waals surface area contributed by atoms with Crippen molar-refractivity contribution in [2.45, 2.75) is 6.92 Å². The zero-order chi connectivity index (χ0) is 10.7. The monoisotopic (exact) mass is 195 g/mol. The first-order chi connectivity index (χ1) is 7.29. The molecule has 15 heavy (non-hydrogen) atoms. The van der Waals surface area contributed by atoms with Crippen molar-refractivity contribution in [1.29, 1.82) is 5.26 Å². The van der Waals surface area contributed by atoms with Crippen molar-refractivity contribution in [2.24, 2.45) is 0 Å². The fourth-order valence-electron chi connectivity index (χ4n) is 1.36. The molecule has 2 aromatic rings. The summed E-state index contributed by atoms with van der Waals surface area (Å²) in [4.78, 5) is 8.20. The second kappa shape index (κ2) is 3.89. The highest BCUT2D eigenvalue weighted by atomic mass is 14.8. The summed E-state index contributed by atoms with van der Waals surface area (Å²) in [7, 11) is 0. The highest BCUT2D eigenvalue weighted by molar-refractivity contribution is 5.61. The third-order valence-electron chi connectivity index (χ3n) is 2.09. The minimum atomic E-state index is 0.642. The standard InChI is InChI=1S/C12H9N3/c1-9-5-12(15-8-14-9)11-4-2-3-10(6-11)7-13/h2-6,8H,1H3. The molecule has 0 aliphatic heterocycles. The van der Waals surface area contributed by atoms with Gasteiger partial charge >= 0.3 is 0 Å². The average Bonchev–Trinajstić information content (AvgIpc) is 2.29. The van der Waals surface area contributed by atoms with Crippen molar-refractivity contribution >= 4 is 0 Å². The van der Waals surface area contributed by atoms with Gasteiger partial charge in [0, 0.05) is 11.3 Å². The fraction of sp³-hybridized carbons (Fsp3) is 0.0833. The van der Waals surface area contributed by atoms with Gasteiger partial charge in [-0.15, -0.1) is 0 Å². The Bertz CT molecular complexity index is 526. The molecule has 0 bridgehead atoms. The van der Waals surface area contributed by atoms with Gasteiger partial charge in [-0.25, -0.2) is 9.97 Å². The zero-order valence-corrected chi connectivity index (χ0v) is 8.31. The van der Waals surface area contributed by atoms with Gasteiger partial charge in [-0.2, -0.15) is 5.26 Å². The lowest BCUT2D eigenvalue weighted by Crippen LogP contribution is -1.88. The van der Waals surface area contributed by atoms with Crippen molar-refractivity contribution in [2.75, 3.05) is 0 Å². The van der Waals surface area contributed by atoms with E-state index in [1.54, 1.807) is 6.07 Å². The maximum absolute atomic E-state index is 8.78. The van der Waals surface area contributed by atoms with Crippen LogP contribution in [-0.2, 0) is 0 Å². The first kappa shape index (κ1) is 9.35. The molecule has 0 amide bonds. The van der Waals surface area contributed by atoms with Crippen molar-refractivity contribution in [3.63, 3.8) is 0 Å². The van der Waals surface area contributed by atoms with Crippen LogP contribution >= 0.6 is 0 Å². The third-order valence-corrected chi connectivity index (χ3v) is 2.09. The van der Waals surface area contributed by atoms with E-state index < -0.39 is 0 Å². The molecule has 0 saturated carbocycles. The van der Waals surface area contributed by atoms with Crippen LogP contribution in [0.1, 0.15) is 11.3 Å². The predicted molar refractivity (Wildman–Crippen MR) is 56.9 cm³/mol. The summed E-state index contributed by atoms with van der Waals surface area (Å²) in [6.07, 6.45) is 1.53. The molecular weight excluding hydrogens is 186 g/mol. The zero-order valence-electron chi connectivity index (χ0n) is 8.31. The lowest BCUT2D eigenvalue weighted by atomic mass is 10.1. The van der Waals surface area contributed by atoms with Gasteiger partial charge in [-0.1, -0.05) is 12.1 Å². The number of hydrogen-bond acceptors (Lipinski definition) is 3. The molecule has 0 radical (unpaired) electrons. The quantitative estimate of drug-likeness (QED) is 0.701. The maximum Gasteiger partial charge on any atom is 0.116 e. The highest BCUT2D eigenvalue weighted by Crippen LogP contribution is 2.17. The van der Waals surface area contributed by atoms with Crippen LogP contribution in [0.3, 0.4) is 0 Å². The Morgan fingerprint density at radius 2 is 2.07 bits per heavy atom. The SMILES string of the molecule is Cc1cc(-c2cccc(C#N)c2)ncn1. The minimum Gasteiger partial charge on any atom is -0.242 e. The lowest BCUT2D eigenvalue weighted by Gasteiger charge is -2.01. The summed E-state index contributed by atoms with van der Waals surface area (Å²) in [5.74, 6) is 0. The summed E-state index contributed by atoms with van der Waals surface area (Å²) in [5.41, 5.74) is 3.35. The van der Waals surface area contributed by atoms with Gasteiger partial charge in [0.1, 0.15) is 6.33 Å².